The summed E-state index contributed by atoms with van der Waals surface area (Å²) in [5, 5.41) is 4.04. The van der Waals surface area contributed by atoms with Gasteiger partial charge >= 0.3 is 0 Å². The zero-order valence-electron chi connectivity index (χ0n) is 10.7. The number of carbonyl (C=O) groups is 1. The normalized spacial score (nSPS) is 29.6. The van der Waals surface area contributed by atoms with Gasteiger partial charge in [0.2, 0.25) is 0 Å². The lowest BCUT2D eigenvalue weighted by molar-refractivity contribution is 0.0727. The molecule has 3 nitrogen and oxygen atoms in total. The summed E-state index contributed by atoms with van der Waals surface area (Å²) in [6, 6.07) is 5.82. The Hall–Kier alpha value is -0.330. The van der Waals surface area contributed by atoms with Crippen molar-refractivity contribution < 1.29 is 4.79 Å². The van der Waals surface area contributed by atoms with Gasteiger partial charge in [0.05, 0.1) is 5.56 Å². The van der Waals surface area contributed by atoms with Gasteiger partial charge in [-0.15, -0.1) is 0 Å². The van der Waals surface area contributed by atoms with Crippen LogP contribution in [0.25, 0.3) is 0 Å². The lowest BCUT2D eigenvalue weighted by Crippen LogP contribution is -2.38. The van der Waals surface area contributed by atoms with Crippen LogP contribution in [-0.4, -0.2) is 36.5 Å². The highest BCUT2D eigenvalue weighted by molar-refractivity contribution is 14.1. The van der Waals surface area contributed by atoms with Crippen LogP contribution in [0.2, 0.25) is 5.02 Å². The number of amides is 1. The van der Waals surface area contributed by atoms with E-state index in [1.54, 1.807) is 6.07 Å². The van der Waals surface area contributed by atoms with E-state index in [1.807, 2.05) is 17.0 Å². The molecule has 1 aromatic rings. The molecule has 3 rings (SSSR count). The molecule has 19 heavy (non-hydrogen) atoms. The van der Waals surface area contributed by atoms with Gasteiger partial charge in [0.15, 0.2) is 0 Å². The van der Waals surface area contributed by atoms with Gasteiger partial charge in [-0.3, -0.25) is 4.79 Å². The lowest BCUT2D eigenvalue weighted by Gasteiger charge is -2.25. The van der Waals surface area contributed by atoms with Crippen LogP contribution in [0.3, 0.4) is 0 Å². The fraction of sp³-hybridized carbons (Fsp3) is 0.500. The predicted molar refractivity (Wildman–Crippen MR) is 84.5 cm³/mol. The van der Waals surface area contributed by atoms with E-state index in [0.717, 1.165) is 28.8 Å². The first kappa shape index (κ1) is 13.6. The van der Waals surface area contributed by atoms with Crippen LogP contribution in [0.4, 0.5) is 0 Å². The number of hydrogen-bond donors (Lipinski definition) is 1. The maximum Gasteiger partial charge on any atom is 0.255 e. The maximum atomic E-state index is 12.7. The summed E-state index contributed by atoms with van der Waals surface area (Å²) in [5.74, 6) is 1.32. The predicted octanol–water partition coefficient (Wildman–Crippen LogP) is 2.62. The summed E-state index contributed by atoms with van der Waals surface area (Å²) in [7, 11) is 0. The van der Waals surface area contributed by atoms with Crippen molar-refractivity contribution in [1.82, 2.24) is 10.2 Å². The molecule has 5 heteroatoms. The molecule has 0 spiro atoms. The first-order valence-electron chi connectivity index (χ1n) is 6.54. The maximum absolute atomic E-state index is 12.7. The van der Waals surface area contributed by atoms with Crippen LogP contribution in [-0.2, 0) is 0 Å². The van der Waals surface area contributed by atoms with Crippen molar-refractivity contribution in [3.8, 4) is 0 Å². The highest BCUT2D eigenvalue weighted by atomic mass is 127. The quantitative estimate of drug-likeness (QED) is 0.748. The molecular formula is C14H16ClIN2O. The molecule has 2 aliphatic rings. The minimum absolute atomic E-state index is 0.119. The van der Waals surface area contributed by atoms with Gasteiger partial charge in [-0.2, -0.15) is 0 Å². The van der Waals surface area contributed by atoms with Crippen molar-refractivity contribution in [1.29, 1.82) is 0 Å². The molecule has 0 radical (unpaired) electrons. The fourth-order valence-electron chi connectivity index (χ4n) is 3.25. The Bertz CT molecular complexity index is 522. The second-order valence-electron chi connectivity index (χ2n) is 5.40. The average Bonchev–Trinajstić information content (AvgIpc) is 2.95. The Morgan fingerprint density at radius 3 is 3.00 bits per heavy atom. The largest absolute Gasteiger partial charge is 0.335 e. The summed E-state index contributed by atoms with van der Waals surface area (Å²) < 4.78 is 0.967. The van der Waals surface area contributed by atoms with Crippen molar-refractivity contribution in [2.45, 2.75) is 13.0 Å². The summed E-state index contributed by atoms with van der Waals surface area (Å²) in [4.78, 5) is 14.7. The van der Waals surface area contributed by atoms with E-state index in [4.69, 9.17) is 11.6 Å². The van der Waals surface area contributed by atoms with Crippen LogP contribution in [0.5, 0.6) is 0 Å². The van der Waals surface area contributed by atoms with Crippen LogP contribution in [0.1, 0.15) is 17.3 Å². The first-order valence-corrected chi connectivity index (χ1v) is 8.00. The minimum atomic E-state index is 0.119. The smallest absolute Gasteiger partial charge is 0.255 e. The number of nitrogens with one attached hydrogen (secondary N) is 1. The number of nitrogens with zero attached hydrogens (tertiary/aromatic N) is 1. The topological polar surface area (TPSA) is 32.3 Å². The zero-order valence-corrected chi connectivity index (χ0v) is 13.6. The van der Waals surface area contributed by atoms with Gasteiger partial charge in [-0.25, -0.2) is 0 Å². The zero-order chi connectivity index (χ0) is 13.6. The number of rotatable bonds is 1. The van der Waals surface area contributed by atoms with E-state index in [1.165, 1.54) is 0 Å². The van der Waals surface area contributed by atoms with E-state index in [9.17, 15) is 4.79 Å². The van der Waals surface area contributed by atoms with E-state index in [-0.39, 0.29) is 5.91 Å². The molecule has 3 atom stereocenters. The second kappa shape index (κ2) is 5.22. The van der Waals surface area contributed by atoms with E-state index < -0.39 is 0 Å². The molecule has 2 aliphatic heterocycles. The highest BCUT2D eigenvalue weighted by Crippen LogP contribution is 2.34. The van der Waals surface area contributed by atoms with Gasteiger partial charge in [0.25, 0.3) is 5.91 Å². The molecule has 2 fully saturated rings. The Balaban J connectivity index is 1.86. The Kier molecular flexibility index (Phi) is 3.75. The van der Waals surface area contributed by atoms with Crippen molar-refractivity contribution in [3.63, 3.8) is 0 Å². The SMILES string of the molecule is CC1C2CNCC2CN1C(=O)c1cc(Cl)ccc1I. The molecule has 0 saturated carbocycles. The molecule has 0 aliphatic carbocycles. The van der Waals surface area contributed by atoms with Gasteiger partial charge < -0.3 is 10.2 Å². The number of hydrogen-bond acceptors (Lipinski definition) is 2. The molecule has 1 N–H and O–H groups in total. The highest BCUT2D eigenvalue weighted by Gasteiger charge is 2.44. The molecule has 2 heterocycles. The van der Waals surface area contributed by atoms with E-state index in [0.29, 0.717) is 22.9 Å². The Morgan fingerprint density at radius 1 is 1.47 bits per heavy atom. The summed E-state index contributed by atoms with van der Waals surface area (Å²) in [6.07, 6.45) is 0. The first-order chi connectivity index (χ1) is 9.08. The Labute approximate surface area is 131 Å². The number of halogens is 2. The van der Waals surface area contributed by atoms with Crippen molar-refractivity contribution in [2.75, 3.05) is 19.6 Å². The molecule has 0 aromatic heterocycles. The number of fused-ring (bicyclic) bond motifs is 1. The third kappa shape index (κ3) is 2.38. The lowest BCUT2D eigenvalue weighted by atomic mass is 9.95. The third-order valence-electron chi connectivity index (χ3n) is 4.35. The molecule has 0 bridgehead atoms. The van der Waals surface area contributed by atoms with Crippen LogP contribution < -0.4 is 5.32 Å². The molecule has 102 valence electrons. The van der Waals surface area contributed by atoms with Gasteiger partial charge in [-0.1, -0.05) is 11.6 Å². The molecule has 1 amide bonds. The van der Waals surface area contributed by atoms with E-state index >= 15 is 0 Å². The number of benzene rings is 1. The average molecular weight is 391 g/mol. The van der Waals surface area contributed by atoms with Crippen LogP contribution in [0, 0.1) is 15.4 Å². The molecule has 1 aromatic carbocycles. The van der Waals surface area contributed by atoms with Crippen LogP contribution >= 0.6 is 34.2 Å². The third-order valence-corrected chi connectivity index (χ3v) is 5.53. The van der Waals surface area contributed by atoms with Gasteiger partial charge in [0, 0.05) is 34.3 Å². The molecular weight excluding hydrogens is 375 g/mol. The van der Waals surface area contributed by atoms with Gasteiger partial charge in [0.1, 0.15) is 0 Å². The molecule has 2 saturated heterocycles. The molecule has 3 unspecified atom stereocenters. The summed E-state index contributed by atoms with van der Waals surface area (Å²) in [5.41, 5.74) is 0.730. The van der Waals surface area contributed by atoms with E-state index in [2.05, 4.69) is 34.8 Å². The summed E-state index contributed by atoms with van der Waals surface area (Å²) >= 11 is 8.22. The van der Waals surface area contributed by atoms with Crippen molar-refractivity contribution in [3.05, 3.63) is 32.4 Å². The summed E-state index contributed by atoms with van der Waals surface area (Å²) in [6.45, 7) is 5.08. The number of likely N-dealkylation sites (tertiary alicyclic amines) is 1. The monoisotopic (exact) mass is 390 g/mol. The van der Waals surface area contributed by atoms with Gasteiger partial charge in [-0.05, 0) is 59.5 Å². The number of carbonyl (C=O) groups excluding carboxylic acids is 1. The van der Waals surface area contributed by atoms with Crippen molar-refractivity contribution in [2.24, 2.45) is 11.8 Å². The fourth-order valence-corrected chi connectivity index (χ4v) is 3.99. The second-order valence-corrected chi connectivity index (χ2v) is 7.00. The standard InChI is InChI=1S/C14H16ClIN2O/c1-8-12-6-17-5-9(12)7-18(8)14(19)11-4-10(15)2-3-13(11)16/h2-4,8-9,12,17H,5-7H2,1H3. The van der Waals surface area contributed by atoms with Crippen molar-refractivity contribution >= 4 is 40.1 Å². The minimum Gasteiger partial charge on any atom is -0.335 e. The van der Waals surface area contributed by atoms with Crippen LogP contribution in [0.15, 0.2) is 18.2 Å². The Morgan fingerprint density at radius 2 is 2.26 bits per heavy atom.